The number of rotatable bonds is 7. The molecular weight excluding hydrogens is 274 g/mol. The SMILES string of the molecule is C/C=C/c1ccc(OCC(=O)OCC(=O)NC)c(OC)c1. The second-order valence-electron chi connectivity index (χ2n) is 4.03. The zero-order valence-corrected chi connectivity index (χ0v) is 12.3. The largest absolute Gasteiger partial charge is 0.493 e. The van der Waals surface area contributed by atoms with Gasteiger partial charge in [-0.05, 0) is 24.6 Å². The summed E-state index contributed by atoms with van der Waals surface area (Å²) in [6, 6.07) is 5.35. The minimum Gasteiger partial charge on any atom is -0.493 e. The fourth-order valence-electron chi connectivity index (χ4n) is 1.50. The Labute approximate surface area is 123 Å². The highest BCUT2D eigenvalue weighted by Crippen LogP contribution is 2.28. The van der Waals surface area contributed by atoms with Crippen molar-refractivity contribution in [2.45, 2.75) is 6.92 Å². The molecular formula is C15H19NO5. The lowest BCUT2D eigenvalue weighted by Crippen LogP contribution is -2.26. The van der Waals surface area contributed by atoms with E-state index in [0.29, 0.717) is 11.5 Å². The van der Waals surface area contributed by atoms with Crippen molar-refractivity contribution < 1.29 is 23.8 Å². The summed E-state index contributed by atoms with van der Waals surface area (Å²) in [6.45, 7) is 1.30. The van der Waals surface area contributed by atoms with Crippen LogP contribution < -0.4 is 14.8 Å². The van der Waals surface area contributed by atoms with E-state index in [-0.39, 0.29) is 19.1 Å². The highest BCUT2D eigenvalue weighted by Gasteiger charge is 2.10. The van der Waals surface area contributed by atoms with Crippen molar-refractivity contribution in [3.63, 3.8) is 0 Å². The van der Waals surface area contributed by atoms with Gasteiger partial charge in [-0.3, -0.25) is 4.79 Å². The van der Waals surface area contributed by atoms with Gasteiger partial charge in [0, 0.05) is 7.05 Å². The van der Waals surface area contributed by atoms with Crippen molar-refractivity contribution in [3.05, 3.63) is 29.8 Å². The van der Waals surface area contributed by atoms with E-state index in [2.05, 4.69) is 5.32 Å². The first kappa shape index (κ1) is 16.6. The molecule has 6 heteroatoms. The van der Waals surface area contributed by atoms with Crippen molar-refractivity contribution >= 4 is 18.0 Å². The fourth-order valence-corrected chi connectivity index (χ4v) is 1.50. The Morgan fingerprint density at radius 2 is 2.00 bits per heavy atom. The number of allylic oxidation sites excluding steroid dienone is 1. The number of hydrogen-bond donors (Lipinski definition) is 1. The van der Waals surface area contributed by atoms with Gasteiger partial charge < -0.3 is 19.5 Å². The monoisotopic (exact) mass is 293 g/mol. The maximum absolute atomic E-state index is 11.4. The molecule has 1 aromatic rings. The fraction of sp³-hybridized carbons (Fsp3) is 0.333. The van der Waals surface area contributed by atoms with Crippen LogP contribution in [0.25, 0.3) is 6.08 Å². The van der Waals surface area contributed by atoms with Gasteiger partial charge in [0.05, 0.1) is 7.11 Å². The van der Waals surface area contributed by atoms with Gasteiger partial charge in [0.25, 0.3) is 5.91 Å². The Balaban J connectivity index is 2.58. The van der Waals surface area contributed by atoms with Crippen LogP contribution in [0.4, 0.5) is 0 Å². The molecule has 0 radical (unpaired) electrons. The van der Waals surface area contributed by atoms with Crippen LogP contribution in [0.2, 0.25) is 0 Å². The van der Waals surface area contributed by atoms with Crippen molar-refractivity contribution in [2.24, 2.45) is 0 Å². The first-order valence-electron chi connectivity index (χ1n) is 6.40. The third-order valence-corrected chi connectivity index (χ3v) is 2.54. The molecule has 0 aromatic heterocycles. The van der Waals surface area contributed by atoms with Crippen molar-refractivity contribution in [1.29, 1.82) is 0 Å². The zero-order valence-electron chi connectivity index (χ0n) is 12.3. The Bertz CT molecular complexity index is 525. The van der Waals surface area contributed by atoms with E-state index in [1.807, 2.05) is 25.1 Å². The molecule has 0 saturated carbocycles. The van der Waals surface area contributed by atoms with Crippen LogP contribution in [-0.4, -0.2) is 39.2 Å². The smallest absolute Gasteiger partial charge is 0.344 e. The van der Waals surface area contributed by atoms with Crippen LogP contribution in [0.15, 0.2) is 24.3 Å². The lowest BCUT2D eigenvalue weighted by molar-refractivity contribution is -0.150. The van der Waals surface area contributed by atoms with E-state index in [9.17, 15) is 9.59 Å². The summed E-state index contributed by atoms with van der Waals surface area (Å²) in [7, 11) is 2.98. The lowest BCUT2D eigenvalue weighted by Gasteiger charge is -2.11. The van der Waals surface area contributed by atoms with E-state index in [1.165, 1.54) is 14.2 Å². The highest BCUT2D eigenvalue weighted by atomic mass is 16.6. The van der Waals surface area contributed by atoms with Gasteiger partial charge in [-0.2, -0.15) is 0 Å². The number of ether oxygens (including phenoxy) is 3. The molecule has 1 aromatic carbocycles. The summed E-state index contributed by atoms with van der Waals surface area (Å²) < 4.78 is 15.3. The van der Waals surface area contributed by atoms with E-state index in [4.69, 9.17) is 14.2 Å². The number of benzene rings is 1. The Morgan fingerprint density at radius 1 is 1.24 bits per heavy atom. The second-order valence-corrected chi connectivity index (χ2v) is 4.03. The van der Waals surface area contributed by atoms with Crippen LogP contribution in [0.3, 0.4) is 0 Å². The number of amides is 1. The number of nitrogens with one attached hydrogen (secondary N) is 1. The highest BCUT2D eigenvalue weighted by molar-refractivity contribution is 5.80. The van der Waals surface area contributed by atoms with E-state index >= 15 is 0 Å². The minimum atomic E-state index is -0.627. The summed E-state index contributed by atoms with van der Waals surface area (Å²) in [4.78, 5) is 22.4. The molecule has 114 valence electrons. The number of methoxy groups -OCH3 is 1. The topological polar surface area (TPSA) is 73.9 Å². The molecule has 0 fully saturated rings. The molecule has 1 rings (SSSR count). The number of hydrogen-bond acceptors (Lipinski definition) is 5. The first-order valence-corrected chi connectivity index (χ1v) is 6.40. The molecule has 1 amide bonds. The van der Waals surface area contributed by atoms with E-state index < -0.39 is 5.97 Å². The maximum Gasteiger partial charge on any atom is 0.344 e. The maximum atomic E-state index is 11.4. The molecule has 21 heavy (non-hydrogen) atoms. The molecule has 0 unspecified atom stereocenters. The van der Waals surface area contributed by atoms with Crippen molar-refractivity contribution in [3.8, 4) is 11.5 Å². The summed E-state index contributed by atoms with van der Waals surface area (Å²) in [5.74, 6) is -0.0535. The van der Waals surface area contributed by atoms with E-state index in [1.54, 1.807) is 12.1 Å². The van der Waals surface area contributed by atoms with Gasteiger partial charge in [-0.1, -0.05) is 18.2 Å². The molecule has 0 atom stereocenters. The Hall–Kier alpha value is -2.50. The van der Waals surface area contributed by atoms with Gasteiger partial charge in [0.15, 0.2) is 24.7 Å². The van der Waals surface area contributed by atoms with Gasteiger partial charge in [0.2, 0.25) is 0 Å². The predicted octanol–water partition coefficient (Wildman–Crippen LogP) is 1.40. The number of likely N-dealkylation sites (N-methyl/N-ethyl adjacent to an activating group) is 1. The first-order chi connectivity index (χ1) is 10.1. The van der Waals surface area contributed by atoms with Gasteiger partial charge in [0.1, 0.15) is 0 Å². The number of esters is 1. The molecule has 1 N–H and O–H groups in total. The molecule has 6 nitrogen and oxygen atoms in total. The average Bonchev–Trinajstić information content (AvgIpc) is 2.51. The van der Waals surface area contributed by atoms with Crippen LogP contribution in [0, 0.1) is 0 Å². The van der Waals surface area contributed by atoms with E-state index in [0.717, 1.165) is 5.56 Å². The summed E-state index contributed by atoms with van der Waals surface area (Å²) in [5, 5.41) is 2.35. The predicted molar refractivity (Wildman–Crippen MR) is 78.2 cm³/mol. The van der Waals surface area contributed by atoms with Gasteiger partial charge in [-0.25, -0.2) is 4.79 Å². The summed E-state index contributed by atoms with van der Waals surface area (Å²) in [5.41, 5.74) is 0.962. The molecule has 0 bridgehead atoms. The molecule has 0 heterocycles. The Morgan fingerprint density at radius 3 is 2.62 bits per heavy atom. The summed E-state index contributed by atoms with van der Waals surface area (Å²) in [6.07, 6.45) is 3.83. The second kappa shape index (κ2) is 8.63. The summed E-state index contributed by atoms with van der Waals surface area (Å²) >= 11 is 0. The van der Waals surface area contributed by atoms with Gasteiger partial charge in [-0.15, -0.1) is 0 Å². The quantitative estimate of drug-likeness (QED) is 0.769. The number of carbonyl (C=O) groups excluding carboxylic acids is 2. The van der Waals surface area contributed by atoms with Crippen LogP contribution in [0.1, 0.15) is 12.5 Å². The van der Waals surface area contributed by atoms with Crippen molar-refractivity contribution in [1.82, 2.24) is 5.32 Å². The normalized spacial score (nSPS) is 10.2. The molecule has 0 aliphatic heterocycles. The molecule has 0 aliphatic carbocycles. The van der Waals surface area contributed by atoms with Crippen LogP contribution in [0.5, 0.6) is 11.5 Å². The Kier molecular flexibility index (Phi) is 6.80. The third kappa shape index (κ3) is 5.56. The molecule has 0 spiro atoms. The minimum absolute atomic E-state index is 0.295. The van der Waals surface area contributed by atoms with Gasteiger partial charge >= 0.3 is 5.97 Å². The van der Waals surface area contributed by atoms with Crippen LogP contribution >= 0.6 is 0 Å². The lowest BCUT2D eigenvalue weighted by atomic mass is 10.2. The molecule has 0 saturated heterocycles. The third-order valence-electron chi connectivity index (χ3n) is 2.54. The standard InChI is InChI=1S/C15H19NO5/c1-4-5-11-6-7-12(13(8-11)19-3)20-10-15(18)21-9-14(17)16-2/h4-8H,9-10H2,1-3H3,(H,16,17)/b5-4+. The molecule has 0 aliphatic rings. The average molecular weight is 293 g/mol. The number of carbonyl (C=O) groups is 2. The van der Waals surface area contributed by atoms with Crippen molar-refractivity contribution in [2.75, 3.05) is 27.4 Å². The zero-order chi connectivity index (χ0) is 15.7. The van der Waals surface area contributed by atoms with Crippen LogP contribution in [-0.2, 0) is 14.3 Å².